The van der Waals surface area contributed by atoms with Gasteiger partial charge >= 0.3 is 0 Å². The lowest BCUT2D eigenvalue weighted by Crippen LogP contribution is -2.56. The van der Waals surface area contributed by atoms with Gasteiger partial charge in [-0.1, -0.05) is 44.2 Å². The fourth-order valence-corrected chi connectivity index (χ4v) is 4.07. The highest BCUT2D eigenvalue weighted by Crippen LogP contribution is 2.18. The second-order valence-corrected chi connectivity index (χ2v) is 9.14. The van der Waals surface area contributed by atoms with Crippen molar-refractivity contribution in [2.24, 2.45) is 17.4 Å². The van der Waals surface area contributed by atoms with Crippen molar-refractivity contribution in [3.63, 3.8) is 0 Å². The van der Waals surface area contributed by atoms with Crippen LogP contribution < -0.4 is 22.1 Å². The van der Waals surface area contributed by atoms with Crippen molar-refractivity contribution in [1.82, 2.24) is 15.5 Å². The van der Waals surface area contributed by atoms with E-state index in [1.165, 1.54) is 4.90 Å². The van der Waals surface area contributed by atoms with Crippen LogP contribution in [0.15, 0.2) is 30.3 Å². The topological polar surface area (TPSA) is 148 Å². The van der Waals surface area contributed by atoms with Gasteiger partial charge in [-0.3, -0.25) is 19.2 Å². The number of rotatable bonds is 11. The van der Waals surface area contributed by atoms with Crippen molar-refractivity contribution in [3.8, 4) is 0 Å². The Balaban J connectivity index is 2.06. The van der Waals surface area contributed by atoms with Crippen LogP contribution in [-0.2, 0) is 25.6 Å². The first-order chi connectivity index (χ1) is 15.6. The fourth-order valence-electron chi connectivity index (χ4n) is 4.07. The minimum Gasteiger partial charge on any atom is -0.368 e. The van der Waals surface area contributed by atoms with Crippen molar-refractivity contribution < 1.29 is 19.2 Å². The molecule has 9 nitrogen and oxygen atoms in total. The van der Waals surface area contributed by atoms with Gasteiger partial charge in [0.25, 0.3) is 0 Å². The molecule has 9 heteroatoms. The predicted molar refractivity (Wildman–Crippen MR) is 126 cm³/mol. The number of nitrogens with two attached hydrogens (primary N) is 2. The van der Waals surface area contributed by atoms with Crippen LogP contribution in [0.1, 0.15) is 52.0 Å². The molecule has 6 N–H and O–H groups in total. The van der Waals surface area contributed by atoms with Gasteiger partial charge in [0.2, 0.25) is 23.6 Å². The highest BCUT2D eigenvalue weighted by molar-refractivity contribution is 5.94. The molecule has 0 bridgehead atoms. The lowest BCUT2D eigenvalue weighted by atomic mass is 10.0. The predicted octanol–water partition coefficient (Wildman–Crippen LogP) is 0.458. The molecule has 1 aliphatic heterocycles. The van der Waals surface area contributed by atoms with Crippen molar-refractivity contribution in [2.45, 2.75) is 77.0 Å². The molecule has 1 aromatic carbocycles. The summed E-state index contributed by atoms with van der Waals surface area (Å²) < 4.78 is 0. The summed E-state index contributed by atoms with van der Waals surface area (Å²) in [5, 5.41) is 5.46. The van der Waals surface area contributed by atoms with E-state index >= 15 is 0 Å². The van der Waals surface area contributed by atoms with Crippen LogP contribution in [0, 0.1) is 5.92 Å². The third kappa shape index (κ3) is 7.85. The smallest absolute Gasteiger partial charge is 0.245 e. The number of carbonyl (C=O) groups excluding carboxylic acids is 4. The Labute approximate surface area is 195 Å². The number of amides is 4. The third-order valence-corrected chi connectivity index (χ3v) is 5.85. The molecule has 4 amide bonds. The number of nitrogens with zero attached hydrogens (tertiary/aromatic N) is 1. The summed E-state index contributed by atoms with van der Waals surface area (Å²) in [6.45, 7) is 5.93. The molecule has 0 unspecified atom stereocenters. The highest BCUT2D eigenvalue weighted by Gasteiger charge is 2.36. The van der Waals surface area contributed by atoms with Gasteiger partial charge in [0, 0.05) is 6.54 Å². The Morgan fingerprint density at radius 2 is 1.73 bits per heavy atom. The average molecular weight is 460 g/mol. The van der Waals surface area contributed by atoms with E-state index in [4.69, 9.17) is 11.5 Å². The summed E-state index contributed by atoms with van der Waals surface area (Å²) in [6.07, 6.45) is 2.62. The Morgan fingerprint density at radius 1 is 1.06 bits per heavy atom. The number of hydrogen-bond donors (Lipinski definition) is 4. The highest BCUT2D eigenvalue weighted by atomic mass is 16.2. The molecule has 0 aliphatic carbocycles. The summed E-state index contributed by atoms with van der Waals surface area (Å²) in [7, 11) is 0. The molecular formula is C24H37N5O4. The lowest BCUT2D eigenvalue weighted by Gasteiger charge is -2.27. The van der Waals surface area contributed by atoms with Gasteiger partial charge in [-0.2, -0.15) is 0 Å². The van der Waals surface area contributed by atoms with Crippen molar-refractivity contribution in [2.75, 3.05) is 6.54 Å². The van der Waals surface area contributed by atoms with Crippen molar-refractivity contribution >= 4 is 23.6 Å². The first-order valence-corrected chi connectivity index (χ1v) is 11.6. The quantitative estimate of drug-likeness (QED) is 0.379. The van der Waals surface area contributed by atoms with Crippen LogP contribution in [-0.4, -0.2) is 59.2 Å². The fraction of sp³-hybridized carbons (Fsp3) is 0.583. The van der Waals surface area contributed by atoms with E-state index in [2.05, 4.69) is 10.6 Å². The van der Waals surface area contributed by atoms with Crippen molar-refractivity contribution in [1.29, 1.82) is 0 Å². The molecule has 0 radical (unpaired) electrons. The molecule has 182 valence electrons. The van der Waals surface area contributed by atoms with Gasteiger partial charge in [-0.05, 0) is 50.5 Å². The van der Waals surface area contributed by atoms with Crippen LogP contribution in [0.5, 0.6) is 0 Å². The maximum atomic E-state index is 13.1. The molecule has 2 rings (SSSR count). The van der Waals surface area contributed by atoms with Crippen LogP contribution in [0.25, 0.3) is 0 Å². The summed E-state index contributed by atoms with van der Waals surface area (Å²) in [5.74, 6) is -1.55. The van der Waals surface area contributed by atoms with Gasteiger partial charge < -0.3 is 27.0 Å². The summed E-state index contributed by atoms with van der Waals surface area (Å²) in [5.41, 5.74) is 12.4. The standard InChI is InChI=1S/C24H37N5O4/c1-15(2)14-18(25)22(31)28-19(12-11-17-8-5-4-6-9-17)23(32)27-16(3)24(33)29-13-7-10-20(29)21(26)30/h4-6,8-9,15-16,18-20H,7,10-14,25H2,1-3H3,(H2,26,30)(H,27,32)(H,28,31)/t16-,18-,19-,20-/m0/s1. The number of nitrogens with one attached hydrogen (secondary N) is 2. The second-order valence-electron chi connectivity index (χ2n) is 9.14. The molecule has 4 atom stereocenters. The molecule has 1 saturated heterocycles. The Morgan fingerprint density at radius 3 is 2.33 bits per heavy atom. The molecule has 1 aliphatic rings. The van der Waals surface area contributed by atoms with E-state index in [1.807, 2.05) is 44.2 Å². The van der Waals surface area contributed by atoms with Gasteiger partial charge in [-0.15, -0.1) is 0 Å². The molecule has 1 fully saturated rings. The van der Waals surface area contributed by atoms with Crippen molar-refractivity contribution in [3.05, 3.63) is 35.9 Å². The van der Waals surface area contributed by atoms with E-state index in [0.717, 1.165) is 5.56 Å². The maximum absolute atomic E-state index is 13.1. The zero-order valence-corrected chi connectivity index (χ0v) is 19.8. The van der Waals surface area contributed by atoms with E-state index in [1.54, 1.807) is 6.92 Å². The minimum absolute atomic E-state index is 0.235. The van der Waals surface area contributed by atoms with E-state index < -0.39 is 41.9 Å². The Bertz CT molecular complexity index is 829. The molecule has 0 saturated carbocycles. The first kappa shape index (κ1) is 26.3. The zero-order chi connectivity index (χ0) is 24.5. The third-order valence-electron chi connectivity index (χ3n) is 5.85. The molecule has 1 heterocycles. The first-order valence-electron chi connectivity index (χ1n) is 11.6. The van der Waals surface area contributed by atoms with E-state index in [0.29, 0.717) is 38.6 Å². The number of benzene rings is 1. The number of hydrogen-bond acceptors (Lipinski definition) is 5. The zero-order valence-electron chi connectivity index (χ0n) is 19.8. The molecule has 0 spiro atoms. The lowest BCUT2D eigenvalue weighted by molar-refractivity contribution is -0.140. The van der Waals surface area contributed by atoms with Crippen LogP contribution in [0.3, 0.4) is 0 Å². The van der Waals surface area contributed by atoms with Gasteiger partial charge in [0.15, 0.2) is 0 Å². The normalized spacial score (nSPS) is 18.5. The summed E-state index contributed by atoms with van der Waals surface area (Å²) in [6, 6.07) is 6.54. The molecule has 33 heavy (non-hydrogen) atoms. The maximum Gasteiger partial charge on any atom is 0.245 e. The van der Waals surface area contributed by atoms with Crippen LogP contribution >= 0.6 is 0 Å². The molecule has 1 aromatic rings. The number of carbonyl (C=O) groups is 4. The van der Waals surface area contributed by atoms with E-state index in [-0.39, 0.29) is 11.8 Å². The minimum atomic E-state index is -0.863. The van der Waals surface area contributed by atoms with Gasteiger partial charge in [0.05, 0.1) is 6.04 Å². The number of aryl methyl sites for hydroxylation is 1. The Kier molecular flexibility index (Phi) is 9.84. The van der Waals surface area contributed by atoms with E-state index in [9.17, 15) is 19.2 Å². The van der Waals surface area contributed by atoms with Gasteiger partial charge in [-0.25, -0.2) is 0 Å². The van der Waals surface area contributed by atoms with Gasteiger partial charge in [0.1, 0.15) is 18.1 Å². The monoisotopic (exact) mass is 459 g/mol. The number of likely N-dealkylation sites (tertiary alicyclic amines) is 1. The van der Waals surface area contributed by atoms with Crippen LogP contribution in [0.4, 0.5) is 0 Å². The second kappa shape index (κ2) is 12.3. The summed E-state index contributed by atoms with van der Waals surface area (Å²) in [4.78, 5) is 51.6. The average Bonchev–Trinajstić information content (AvgIpc) is 3.26. The van der Waals surface area contributed by atoms with Crippen LogP contribution in [0.2, 0.25) is 0 Å². The Hall–Kier alpha value is -2.94. The SMILES string of the molecule is CC(C)C[C@H](N)C(=O)N[C@@H](CCc1ccccc1)C(=O)N[C@@H](C)C(=O)N1CCC[C@H]1C(N)=O. The molecular weight excluding hydrogens is 422 g/mol. The molecule has 0 aromatic heterocycles. The largest absolute Gasteiger partial charge is 0.368 e. The summed E-state index contributed by atoms with van der Waals surface area (Å²) >= 11 is 0. The number of primary amides is 1.